The van der Waals surface area contributed by atoms with Crippen molar-refractivity contribution >= 4 is 0 Å². The molecule has 0 aliphatic carbocycles. The van der Waals surface area contributed by atoms with Crippen LogP contribution in [0.5, 0.6) is 17.2 Å². The highest BCUT2D eigenvalue weighted by atomic mass is 16.5. The van der Waals surface area contributed by atoms with Gasteiger partial charge in [0.05, 0.1) is 18.5 Å². The predicted octanol–water partition coefficient (Wildman–Crippen LogP) is 14.8. The fourth-order valence-electron chi connectivity index (χ4n) is 8.00. The van der Waals surface area contributed by atoms with Crippen molar-refractivity contribution in [3.05, 3.63) is 132 Å². The van der Waals surface area contributed by atoms with Crippen molar-refractivity contribution in [2.45, 2.75) is 118 Å². The molecule has 5 rings (SSSR count). The van der Waals surface area contributed by atoms with E-state index in [2.05, 4.69) is 117 Å². The Morgan fingerprint density at radius 3 is 1.29 bits per heavy atom. The Balaban J connectivity index is 1.67. The maximum absolute atomic E-state index is 12.1. The quantitative estimate of drug-likeness (QED) is 0.0923. The summed E-state index contributed by atoms with van der Waals surface area (Å²) in [5, 5.41) is 24.1. The van der Waals surface area contributed by atoms with E-state index < -0.39 is 0 Å². The third kappa shape index (κ3) is 10.3. The van der Waals surface area contributed by atoms with E-state index in [-0.39, 0.29) is 10.8 Å². The molecule has 306 valence electrons. The van der Waals surface area contributed by atoms with E-state index in [1.807, 2.05) is 48.6 Å². The summed E-state index contributed by atoms with van der Waals surface area (Å²) in [6.07, 6.45) is 11.6. The van der Waals surface area contributed by atoms with Crippen LogP contribution in [0.2, 0.25) is 0 Å². The molecule has 0 radical (unpaired) electrons. The maximum Gasteiger partial charge on any atom is 0.126 e. The highest BCUT2D eigenvalue weighted by Gasteiger charge is 2.25. The summed E-state index contributed by atoms with van der Waals surface area (Å²) >= 11 is 0. The lowest BCUT2D eigenvalue weighted by Crippen LogP contribution is -2.12. The fraction of sp³-hybridized carbons (Fsp3) is 0.389. The van der Waals surface area contributed by atoms with Crippen LogP contribution in [0.4, 0.5) is 0 Å². The molecule has 0 saturated carbocycles. The number of pyridine rings is 1. The Kier molecular flexibility index (Phi) is 14.5. The monoisotopic (exact) mass is 778 g/mol. The molecule has 0 amide bonds. The number of aryl methyl sites for hydroxylation is 2. The van der Waals surface area contributed by atoms with Crippen molar-refractivity contribution in [1.82, 2.24) is 4.98 Å². The SMILES string of the molecule is C=CCC(CC)CCc1cc(C(C)(C)C)cc(-c2ccccc2-c2cc(OC)cc(-c3ccccc3-c3cc(C(C)(C)C)cc(CCC(CC)CC=C)c3O)n2)c1O. The summed E-state index contributed by atoms with van der Waals surface area (Å²) < 4.78 is 5.96. The van der Waals surface area contributed by atoms with Crippen molar-refractivity contribution < 1.29 is 14.9 Å². The van der Waals surface area contributed by atoms with Gasteiger partial charge < -0.3 is 14.9 Å². The summed E-state index contributed by atoms with van der Waals surface area (Å²) in [5.74, 6) is 2.36. The first-order valence-corrected chi connectivity index (χ1v) is 21.3. The van der Waals surface area contributed by atoms with Crippen LogP contribution < -0.4 is 4.74 Å². The average molecular weight is 778 g/mol. The molecule has 4 nitrogen and oxygen atoms in total. The minimum Gasteiger partial charge on any atom is -0.507 e. The first kappa shape index (κ1) is 44.0. The van der Waals surface area contributed by atoms with Crippen molar-refractivity contribution in [1.29, 1.82) is 0 Å². The van der Waals surface area contributed by atoms with Crippen molar-refractivity contribution in [3.8, 4) is 62.0 Å². The van der Waals surface area contributed by atoms with Gasteiger partial charge in [-0.25, -0.2) is 4.98 Å². The molecule has 0 fully saturated rings. The van der Waals surface area contributed by atoms with Gasteiger partial charge in [0.2, 0.25) is 0 Å². The topological polar surface area (TPSA) is 62.6 Å². The normalized spacial score (nSPS) is 12.9. The fourth-order valence-corrected chi connectivity index (χ4v) is 8.00. The minimum absolute atomic E-state index is 0.123. The summed E-state index contributed by atoms with van der Waals surface area (Å²) in [5.41, 5.74) is 10.7. The number of methoxy groups -OCH3 is 1. The van der Waals surface area contributed by atoms with Gasteiger partial charge in [0.15, 0.2) is 0 Å². The van der Waals surface area contributed by atoms with Crippen LogP contribution in [0.3, 0.4) is 0 Å². The number of phenols is 2. The van der Waals surface area contributed by atoms with Crippen molar-refractivity contribution in [3.63, 3.8) is 0 Å². The smallest absolute Gasteiger partial charge is 0.126 e. The number of aromatic hydroxyl groups is 2. The summed E-state index contributed by atoms with van der Waals surface area (Å²) in [4.78, 5) is 5.36. The first-order valence-electron chi connectivity index (χ1n) is 21.3. The number of phenolic OH excluding ortho intramolecular Hbond substituents is 2. The Bertz CT molecular complexity index is 2050. The van der Waals surface area contributed by atoms with Crippen LogP contribution in [-0.4, -0.2) is 22.3 Å². The molecule has 0 aliphatic heterocycles. The lowest BCUT2D eigenvalue weighted by Gasteiger charge is -2.24. The Hall–Kier alpha value is -5.09. The van der Waals surface area contributed by atoms with Gasteiger partial charge in [0.1, 0.15) is 17.2 Å². The van der Waals surface area contributed by atoms with E-state index >= 15 is 0 Å². The second kappa shape index (κ2) is 19.1. The lowest BCUT2D eigenvalue weighted by molar-refractivity contribution is 0.414. The number of ether oxygens (including phenoxy) is 1. The van der Waals surface area contributed by atoms with Crippen LogP contribution in [0.15, 0.2) is 110 Å². The number of benzene rings is 4. The molecule has 0 bridgehead atoms. The number of rotatable bonds is 17. The van der Waals surface area contributed by atoms with E-state index in [9.17, 15) is 10.2 Å². The molecule has 4 heteroatoms. The molecule has 0 spiro atoms. The Labute approximate surface area is 349 Å². The lowest BCUT2D eigenvalue weighted by atomic mass is 9.81. The second-order valence-electron chi connectivity index (χ2n) is 18.1. The molecular formula is C54H67NO3. The van der Waals surface area contributed by atoms with Crippen LogP contribution >= 0.6 is 0 Å². The van der Waals surface area contributed by atoms with Crippen LogP contribution in [0, 0.1) is 11.8 Å². The summed E-state index contributed by atoms with van der Waals surface area (Å²) in [6, 6.07) is 29.1. The highest BCUT2D eigenvalue weighted by Crippen LogP contribution is 2.45. The molecule has 0 aliphatic rings. The molecule has 58 heavy (non-hydrogen) atoms. The number of allylic oxidation sites excluding steroid dienone is 2. The molecule has 2 atom stereocenters. The van der Waals surface area contributed by atoms with Crippen LogP contribution in [-0.2, 0) is 23.7 Å². The zero-order chi connectivity index (χ0) is 42.2. The van der Waals surface area contributed by atoms with Crippen LogP contribution in [0.1, 0.15) is 116 Å². The van der Waals surface area contributed by atoms with E-state index in [0.29, 0.717) is 29.1 Å². The molecule has 1 heterocycles. The highest BCUT2D eigenvalue weighted by molar-refractivity contribution is 5.89. The van der Waals surface area contributed by atoms with Crippen LogP contribution in [0.25, 0.3) is 44.8 Å². The van der Waals surface area contributed by atoms with E-state index in [1.165, 1.54) is 11.1 Å². The van der Waals surface area contributed by atoms with E-state index in [1.54, 1.807) is 7.11 Å². The Morgan fingerprint density at radius 1 is 0.586 bits per heavy atom. The number of hydrogen-bond donors (Lipinski definition) is 2. The van der Waals surface area contributed by atoms with Gasteiger partial charge in [0, 0.05) is 34.4 Å². The summed E-state index contributed by atoms with van der Waals surface area (Å²) in [6.45, 7) is 25.8. The van der Waals surface area contributed by atoms with Gasteiger partial charge >= 0.3 is 0 Å². The molecule has 2 N–H and O–H groups in total. The zero-order valence-corrected chi connectivity index (χ0v) is 36.7. The van der Waals surface area contributed by atoms with E-state index in [0.717, 1.165) is 107 Å². The van der Waals surface area contributed by atoms with Gasteiger partial charge in [-0.3, -0.25) is 0 Å². The molecular weight excluding hydrogens is 711 g/mol. The van der Waals surface area contributed by atoms with Crippen molar-refractivity contribution in [2.75, 3.05) is 7.11 Å². The standard InChI is InChI=1S/C54H67NO3/c1-12-20-36(14-3)26-28-38-30-40(53(5,6)7)32-47(51(38)56)43-22-16-18-24-45(43)49-34-42(58-11)35-50(55-49)46-25-19-17-23-44(46)48-33-41(54(8,9)10)31-39(52(48)57)29-27-37(15-4)21-13-2/h12-13,16-19,22-25,30-37,56-57H,1-2,14-15,20-21,26-29H2,3-11H3. The van der Waals surface area contributed by atoms with Crippen molar-refractivity contribution in [2.24, 2.45) is 11.8 Å². The number of aromatic nitrogens is 1. The number of nitrogens with zero attached hydrogens (tertiary/aromatic N) is 1. The van der Waals surface area contributed by atoms with Gasteiger partial charge in [0.25, 0.3) is 0 Å². The summed E-state index contributed by atoms with van der Waals surface area (Å²) in [7, 11) is 1.68. The predicted molar refractivity (Wildman–Crippen MR) is 247 cm³/mol. The second-order valence-corrected chi connectivity index (χ2v) is 18.1. The Morgan fingerprint density at radius 2 is 0.966 bits per heavy atom. The minimum atomic E-state index is -0.123. The van der Waals surface area contributed by atoms with E-state index in [4.69, 9.17) is 9.72 Å². The largest absolute Gasteiger partial charge is 0.507 e. The third-order valence-electron chi connectivity index (χ3n) is 11.9. The molecule has 1 aromatic heterocycles. The van der Waals surface area contributed by atoms with Gasteiger partial charge in [-0.1, -0.05) is 141 Å². The molecule has 2 unspecified atom stereocenters. The molecule has 0 saturated heterocycles. The first-order chi connectivity index (χ1) is 27.6. The molecule has 5 aromatic rings. The number of hydrogen-bond acceptors (Lipinski definition) is 4. The third-order valence-corrected chi connectivity index (χ3v) is 11.9. The maximum atomic E-state index is 12.1. The zero-order valence-electron chi connectivity index (χ0n) is 36.7. The average Bonchev–Trinajstić information content (AvgIpc) is 3.20. The molecule has 4 aromatic carbocycles. The van der Waals surface area contributed by atoms with Gasteiger partial charge in [-0.05, 0) is 107 Å². The van der Waals surface area contributed by atoms with Gasteiger partial charge in [-0.15, -0.1) is 13.2 Å². The van der Waals surface area contributed by atoms with Gasteiger partial charge in [-0.2, -0.15) is 0 Å².